The summed E-state index contributed by atoms with van der Waals surface area (Å²) in [4.78, 5) is 14.4. The van der Waals surface area contributed by atoms with Crippen molar-refractivity contribution in [3.63, 3.8) is 0 Å². The number of benzene rings is 1. The first-order valence-electron chi connectivity index (χ1n) is 8.60. The van der Waals surface area contributed by atoms with Crippen LogP contribution in [-0.4, -0.2) is 47.8 Å². The Hall–Kier alpha value is -1.59. The van der Waals surface area contributed by atoms with Crippen molar-refractivity contribution >= 4 is 6.03 Å². The molecule has 0 saturated heterocycles. The summed E-state index contributed by atoms with van der Waals surface area (Å²) in [5, 5.41) is 14.7. The number of hydrogen-bond acceptors (Lipinski definition) is 3. The van der Waals surface area contributed by atoms with E-state index < -0.39 is 0 Å². The van der Waals surface area contributed by atoms with Crippen LogP contribution < -0.4 is 10.6 Å². The maximum atomic E-state index is 11.9. The molecule has 5 nitrogen and oxygen atoms in total. The van der Waals surface area contributed by atoms with Crippen LogP contribution in [0.25, 0.3) is 0 Å². The van der Waals surface area contributed by atoms with Crippen molar-refractivity contribution in [2.24, 2.45) is 0 Å². The minimum Gasteiger partial charge on any atom is -0.396 e. The van der Waals surface area contributed by atoms with E-state index in [0.717, 1.165) is 25.9 Å². The number of carbonyl (C=O) groups is 1. The monoisotopic (exact) mass is 319 g/mol. The molecule has 2 atom stereocenters. The van der Waals surface area contributed by atoms with E-state index >= 15 is 0 Å². The SMILES string of the molecule is CCC(CNC(=O)N[C@H](C)CCO)N1CCc2ccccc2C1. The van der Waals surface area contributed by atoms with Gasteiger partial charge in [0.15, 0.2) is 0 Å². The van der Waals surface area contributed by atoms with Crippen LogP contribution in [-0.2, 0) is 13.0 Å². The summed E-state index contributed by atoms with van der Waals surface area (Å²) in [6, 6.07) is 8.79. The van der Waals surface area contributed by atoms with Gasteiger partial charge in [-0.3, -0.25) is 4.90 Å². The predicted molar refractivity (Wildman–Crippen MR) is 92.3 cm³/mol. The number of fused-ring (bicyclic) bond motifs is 1. The van der Waals surface area contributed by atoms with Gasteiger partial charge in [-0.15, -0.1) is 0 Å². The van der Waals surface area contributed by atoms with E-state index in [-0.39, 0.29) is 18.7 Å². The van der Waals surface area contributed by atoms with Gasteiger partial charge in [0.1, 0.15) is 0 Å². The largest absolute Gasteiger partial charge is 0.396 e. The van der Waals surface area contributed by atoms with Gasteiger partial charge in [-0.2, -0.15) is 0 Å². The van der Waals surface area contributed by atoms with Crippen molar-refractivity contribution in [3.8, 4) is 0 Å². The Morgan fingerprint density at radius 2 is 2.09 bits per heavy atom. The number of rotatable bonds is 7. The minimum atomic E-state index is -0.151. The molecule has 3 N–H and O–H groups in total. The number of amides is 2. The van der Waals surface area contributed by atoms with E-state index in [9.17, 15) is 4.79 Å². The Labute approximate surface area is 139 Å². The molecule has 1 aromatic rings. The number of carbonyl (C=O) groups excluding carboxylic acids is 1. The molecule has 0 aliphatic carbocycles. The third-order valence-electron chi connectivity index (χ3n) is 4.59. The zero-order valence-electron chi connectivity index (χ0n) is 14.2. The van der Waals surface area contributed by atoms with Crippen LogP contribution in [0, 0.1) is 0 Å². The number of aliphatic hydroxyl groups is 1. The number of aliphatic hydroxyl groups excluding tert-OH is 1. The third kappa shape index (κ3) is 5.22. The second-order valence-electron chi connectivity index (χ2n) is 6.32. The average molecular weight is 319 g/mol. The molecule has 0 spiro atoms. The van der Waals surface area contributed by atoms with Crippen molar-refractivity contribution in [2.75, 3.05) is 19.7 Å². The highest BCUT2D eigenvalue weighted by Crippen LogP contribution is 2.21. The van der Waals surface area contributed by atoms with Gasteiger partial charge in [0.2, 0.25) is 0 Å². The van der Waals surface area contributed by atoms with Crippen molar-refractivity contribution in [1.82, 2.24) is 15.5 Å². The third-order valence-corrected chi connectivity index (χ3v) is 4.59. The van der Waals surface area contributed by atoms with Gasteiger partial charge in [0.05, 0.1) is 0 Å². The van der Waals surface area contributed by atoms with E-state index in [4.69, 9.17) is 5.11 Å². The molecule has 1 aliphatic rings. The lowest BCUT2D eigenvalue weighted by atomic mass is 9.98. The van der Waals surface area contributed by atoms with E-state index in [1.807, 2.05) is 6.92 Å². The first-order valence-corrected chi connectivity index (χ1v) is 8.60. The van der Waals surface area contributed by atoms with E-state index in [1.165, 1.54) is 11.1 Å². The summed E-state index contributed by atoms with van der Waals surface area (Å²) >= 11 is 0. The van der Waals surface area contributed by atoms with Gasteiger partial charge in [0, 0.05) is 38.3 Å². The molecule has 23 heavy (non-hydrogen) atoms. The normalized spacial score (nSPS) is 17.2. The van der Waals surface area contributed by atoms with Crippen molar-refractivity contribution < 1.29 is 9.90 Å². The maximum Gasteiger partial charge on any atom is 0.315 e. The Kier molecular flexibility index (Phi) is 6.86. The van der Waals surface area contributed by atoms with Crippen LogP contribution in [0.4, 0.5) is 4.79 Å². The molecule has 2 amide bonds. The quantitative estimate of drug-likeness (QED) is 0.719. The number of hydrogen-bond donors (Lipinski definition) is 3. The highest BCUT2D eigenvalue weighted by Gasteiger charge is 2.22. The highest BCUT2D eigenvalue weighted by atomic mass is 16.3. The minimum absolute atomic E-state index is 0.0121. The summed E-state index contributed by atoms with van der Waals surface area (Å²) in [6.45, 7) is 6.80. The van der Waals surface area contributed by atoms with Crippen LogP contribution >= 0.6 is 0 Å². The molecule has 0 radical (unpaired) electrons. The predicted octanol–water partition coefficient (Wildman–Crippen LogP) is 1.89. The first-order chi connectivity index (χ1) is 11.1. The Morgan fingerprint density at radius 1 is 1.35 bits per heavy atom. The fourth-order valence-corrected chi connectivity index (χ4v) is 3.11. The summed E-state index contributed by atoms with van der Waals surface area (Å²) in [6.07, 6.45) is 2.66. The first kappa shape index (κ1) is 17.8. The topological polar surface area (TPSA) is 64.6 Å². The summed E-state index contributed by atoms with van der Waals surface area (Å²) in [5.74, 6) is 0. The standard InChI is InChI=1S/C18H29N3O2/c1-3-17(12-19-18(23)20-14(2)9-11-22)21-10-8-15-6-4-5-7-16(15)13-21/h4-7,14,17,22H,3,8-13H2,1-2H3,(H2,19,20,23)/t14-,17?/m1/s1. The fourth-order valence-electron chi connectivity index (χ4n) is 3.11. The molecule has 5 heteroatoms. The molecule has 0 fully saturated rings. The van der Waals surface area contributed by atoms with E-state index in [1.54, 1.807) is 0 Å². The lowest BCUT2D eigenvalue weighted by Crippen LogP contribution is -2.49. The number of urea groups is 1. The van der Waals surface area contributed by atoms with Gasteiger partial charge < -0.3 is 15.7 Å². The molecular weight excluding hydrogens is 290 g/mol. The van der Waals surface area contributed by atoms with Crippen molar-refractivity contribution in [3.05, 3.63) is 35.4 Å². The fraction of sp³-hybridized carbons (Fsp3) is 0.611. The average Bonchev–Trinajstić information content (AvgIpc) is 2.55. The lowest BCUT2D eigenvalue weighted by Gasteiger charge is -2.35. The van der Waals surface area contributed by atoms with Crippen LogP contribution in [0.1, 0.15) is 37.8 Å². The second kappa shape index (κ2) is 8.89. The molecule has 2 rings (SSSR count). The number of nitrogens with zero attached hydrogens (tertiary/aromatic N) is 1. The van der Waals surface area contributed by atoms with Gasteiger partial charge in [0.25, 0.3) is 0 Å². The maximum absolute atomic E-state index is 11.9. The van der Waals surface area contributed by atoms with Crippen LogP contribution in [0.3, 0.4) is 0 Å². The molecule has 0 aromatic heterocycles. The van der Waals surface area contributed by atoms with E-state index in [2.05, 4.69) is 46.7 Å². The molecule has 0 bridgehead atoms. The molecule has 1 aliphatic heterocycles. The molecule has 1 heterocycles. The van der Waals surface area contributed by atoms with Crippen molar-refractivity contribution in [2.45, 2.75) is 51.7 Å². The zero-order valence-corrected chi connectivity index (χ0v) is 14.2. The zero-order chi connectivity index (χ0) is 16.7. The highest BCUT2D eigenvalue weighted by molar-refractivity contribution is 5.74. The van der Waals surface area contributed by atoms with Gasteiger partial charge in [-0.25, -0.2) is 4.79 Å². The summed E-state index contributed by atoms with van der Waals surface area (Å²) < 4.78 is 0. The second-order valence-corrected chi connectivity index (χ2v) is 6.32. The summed E-state index contributed by atoms with van der Waals surface area (Å²) in [7, 11) is 0. The van der Waals surface area contributed by atoms with Crippen LogP contribution in [0.5, 0.6) is 0 Å². The molecule has 1 unspecified atom stereocenters. The molecule has 128 valence electrons. The van der Waals surface area contributed by atoms with E-state index in [0.29, 0.717) is 19.0 Å². The Balaban J connectivity index is 1.83. The van der Waals surface area contributed by atoms with Gasteiger partial charge in [-0.1, -0.05) is 31.2 Å². The molecule has 0 saturated carbocycles. The lowest BCUT2D eigenvalue weighted by molar-refractivity contribution is 0.168. The van der Waals surface area contributed by atoms with Crippen LogP contribution in [0.15, 0.2) is 24.3 Å². The number of nitrogens with one attached hydrogen (secondary N) is 2. The van der Waals surface area contributed by atoms with Crippen molar-refractivity contribution in [1.29, 1.82) is 0 Å². The van der Waals surface area contributed by atoms with Gasteiger partial charge in [-0.05, 0) is 37.3 Å². The Morgan fingerprint density at radius 3 is 2.78 bits per heavy atom. The molecular formula is C18H29N3O2. The smallest absolute Gasteiger partial charge is 0.315 e. The van der Waals surface area contributed by atoms with Gasteiger partial charge >= 0.3 is 6.03 Å². The molecule has 1 aromatic carbocycles. The van der Waals surface area contributed by atoms with Crippen LogP contribution in [0.2, 0.25) is 0 Å². The Bertz CT molecular complexity index is 507. The summed E-state index contributed by atoms with van der Waals surface area (Å²) in [5.41, 5.74) is 2.85.